The molecule has 0 aromatic carbocycles. The average molecular weight is 272 g/mol. The maximum atomic E-state index is 9.60. The number of hydrogen-bond donors (Lipinski definition) is 2. The highest BCUT2D eigenvalue weighted by Gasteiger charge is 2.23. The summed E-state index contributed by atoms with van der Waals surface area (Å²) in [6, 6.07) is 0.589. The Balaban J connectivity index is 4.18. The summed E-state index contributed by atoms with van der Waals surface area (Å²) >= 11 is 0. The Morgan fingerprint density at radius 1 is 1.11 bits per heavy atom. The third-order valence-electron chi connectivity index (χ3n) is 3.88. The molecular weight excluding hydrogens is 236 g/mol. The van der Waals surface area contributed by atoms with E-state index in [1.807, 2.05) is 0 Å². The van der Waals surface area contributed by atoms with Gasteiger partial charge in [-0.3, -0.25) is 0 Å². The molecular formula is C16H36N2O. The number of nitrogens with one attached hydrogen (secondary N) is 1. The lowest BCUT2D eigenvalue weighted by Gasteiger charge is -2.34. The molecule has 0 aromatic rings. The largest absolute Gasteiger partial charge is 0.394 e. The van der Waals surface area contributed by atoms with Crippen molar-refractivity contribution in [3.05, 3.63) is 0 Å². The normalized spacial score (nSPS) is 15.2. The summed E-state index contributed by atoms with van der Waals surface area (Å²) in [6.07, 6.45) is 5.99. The lowest BCUT2D eigenvalue weighted by molar-refractivity contribution is 0.133. The third kappa shape index (κ3) is 8.61. The van der Waals surface area contributed by atoms with Crippen molar-refractivity contribution in [2.24, 2.45) is 0 Å². The fourth-order valence-corrected chi connectivity index (χ4v) is 2.23. The summed E-state index contributed by atoms with van der Waals surface area (Å²) in [5, 5.41) is 13.1. The van der Waals surface area contributed by atoms with Crippen LogP contribution >= 0.6 is 0 Å². The van der Waals surface area contributed by atoms with Gasteiger partial charge in [0.1, 0.15) is 0 Å². The van der Waals surface area contributed by atoms with Crippen LogP contribution < -0.4 is 5.32 Å². The van der Waals surface area contributed by atoms with E-state index in [4.69, 9.17) is 0 Å². The summed E-state index contributed by atoms with van der Waals surface area (Å²) in [6.45, 7) is 14.5. The third-order valence-corrected chi connectivity index (χ3v) is 3.88. The molecule has 0 rings (SSSR count). The highest BCUT2D eigenvalue weighted by atomic mass is 16.3. The summed E-state index contributed by atoms with van der Waals surface area (Å²) < 4.78 is 0. The van der Waals surface area contributed by atoms with Crippen LogP contribution in [0.2, 0.25) is 0 Å². The molecule has 0 saturated heterocycles. The minimum atomic E-state index is -0.131. The van der Waals surface area contributed by atoms with Crippen LogP contribution in [0.25, 0.3) is 0 Å². The van der Waals surface area contributed by atoms with Crippen LogP contribution in [0.4, 0.5) is 0 Å². The van der Waals surface area contributed by atoms with E-state index in [1.54, 1.807) is 0 Å². The summed E-state index contributed by atoms with van der Waals surface area (Å²) in [7, 11) is 0. The Morgan fingerprint density at radius 2 is 1.79 bits per heavy atom. The second-order valence-electron chi connectivity index (χ2n) is 6.23. The lowest BCUT2D eigenvalue weighted by atomic mass is 9.98. The molecule has 0 heterocycles. The first-order valence-electron chi connectivity index (χ1n) is 8.09. The summed E-state index contributed by atoms with van der Waals surface area (Å²) in [5.41, 5.74) is -0.131. The van der Waals surface area contributed by atoms with E-state index in [9.17, 15) is 5.11 Å². The SMILES string of the molecule is CCCCCN(CCC(C)(CO)NCCC)C(C)C. The molecule has 116 valence electrons. The number of nitrogens with zero attached hydrogens (tertiary/aromatic N) is 1. The molecule has 19 heavy (non-hydrogen) atoms. The Kier molecular flexibility index (Phi) is 10.6. The molecule has 1 atom stereocenters. The number of aliphatic hydroxyl groups excluding tert-OH is 1. The van der Waals surface area contributed by atoms with Crippen LogP contribution in [0, 0.1) is 0 Å². The second-order valence-corrected chi connectivity index (χ2v) is 6.23. The molecule has 0 aromatic heterocycles. The van der Waals surface area contributed by atoms with Crippen molar-refractivity contribution >= 4 is 0 Å². The molecule has 0 radical (unpaired) electrons. The van der Waals surface area contributed by atoms with Gasteiger partial charge < -0.3 is 15.3 Å². The van der Waals surface area contributed by atoms with E-state index >= 15 is 0 Å². The van der Waals surface area contributed by atoms with Crippen molar-refractivity contribution in [3.63, 3.8) is 0 Å². The van der Waals surface area contributed by atoms with Gasteiger partial charge in [0.15, 0.2) is 0 Å². The van der Waals surface area contributed by atoms with E-state index < -0.39 is 0 Å². The van der Waals surface area contributed by atoms with Gasteiger partial charge in [-0.1, -0.05) is 26.7 Å². The highest BCUT2D eigenvalue weighted by Crippen LogP contribution is 2.12. The van der Waals surface area contributed by atoms with Crippen LogP contribution in [0.3, 0.4) is 0 Å². The van der Waals surface area contributed by atoms with E-state index in [2.05, 4.69) is 44.8 Å². The van der Waals surface area contributed by atoms with Crippen molar-refractivity contribution in [1.82, 2.24) is 10.2 Å². The summed E-state index contributed by atoms with van der Waals surface area (Å²) in [5.74, 6) is 0. The molecule has 0 bridgehead atoms. The molecule has 0 saturated carbocycles. The van der Waals surface area contributed by atoms with Gasteiger partial charge in [0.2, 0.25) is 0 Å². The lowest BCUT2D eigenvalue weighted by Crippen LogP contribution is -2.49. The molecule has 2 N–H and O–H groups in total. The van der Waals surface area contributed by atoms with E-state index in [-0.39, 0.29) is 12.1 Å². The highest BCUT2D eigenvalue weighted by molar-refractivity contribution is 4.83. The fourth-order valence-electron chi connectivity index (χ4n) is 2.23. The smallest absolute Gasteiger partial charge is 0.0611 e. The topological polar surface area (TPSA) is 35.5 Å². The first kappa shape index (κ1) is 18.9. The summed E-state index contributed by atoms with van der Waals surface area (Å²) in [4.78, 5) is 2.54. The molecule has 1 unspecified atom stereocenters. The standard InChI is InChI=1S/C16H36N2O/c1-6-8-9-12-18(15(3)4)13-10-16(5,14-19)17-11-7-2/h15,17,19H,6-14H2,1-5H3. The van der Waals surface area contributed by atoms with E-state index in [1.165, 1.54) is 25.8 Å². The Labute approximate surface area is 120 Å². The quantitative estimate of drug-likeness (QED) is 0.536. The monoisotopic (exact) mass is 272 g/mol. The zero-order valence-corrected chi connectivity index (χ0v) is 13.8. The number of hydrogen-bond acceptors (Lipinski definition) is 3. The van der Waals surface area contributed by atoms with Gasteiger partial charge in [-0.05, 0) is 53.1 Å². The minimum absolute atomic E-state index is 0.131. The van der Waals surface area contributed by atoms with Gasteiger partial charge in [0, 0.05) is 18.1 Å². The van der Waals surface area contributed by atoms with Crippen molar-refractivity contribution in [1.29, 1.82) is 0 Å². The molecule has 0 aliphatic rings. The van der Waals surface area contributed by atoms with E-state index in [0.29, 0.717) is 6.04 Å². The van der Waals surface area contributed by atoms with Crippen LogP contribution in [-0.2, 0) is 0 Å². The number of aliphatic hydroxyl groups is 1. The zero-order chi connectivity index (χ0) is 14.7. The van der Waals surface area contributed by atoms with Gasteiger partial charge in [0.25, 0.3) is 0 Å². The first-order valence-corrected chi connectivity index (χ1v) is 8.09. The minimum Gasteiger partial charge on any atom is -0.394 e. The van der Waals surface area contributed by atoms with Gasteiger partial charge >= 0.3 is 0 Å². The Bertz CT molecular complexity index is 209. The van der Waals surface area contributed by atoms with Crippen LogP contribution in [0.5, 0.6) is 0 Å². The fraction of sp³-hybridized carbons (Fsp3) is 1.00. The maximum Gasteiger partial charge on any atom is 0.0611 e. The predicted octanol–water partition coefficient (Wildman–Crippen LogP) is 3.03. The molecule has 0 aliphatic carbocycles. The van der Waals surface area contributed by atoms with Crippen LogP contribution in [0.1, 0.15) is 66.7 Å². The van der Waals surface area contributed by atoms with Crippen molar-refractivity contribution < 1.29 is 5.11 Å². The first-order chi connectivity index (χ1) is 8.99. The Morgan fingerprint density at radius 3 is 2.26 bits per heavy atom. The Hall–Kier alpha value is -0.120. The predicted molar refractivity (Wildman–Crippen MR) is 84.6 cm³/mol. The molecule has 0 aliphatic heterocycles. The van der Waals surface area contributed by atoms with Gasteiger partial charge in [-0.2, -0.15) is 0 Å². The van der Waals surface area contributed by atoms with Crippen molar-refractivity contribution in [2.45, 2.75) is 78.3 Å². The van der Waals surface area contributed by atoms with Crippen LogP contribution in [-0.4, -0.2) is 47.8 Å². The molecule has 3 nitrogen and oxygen atoms in total. The van der Waals surface area contributed by atoms with Crippen molar-refractivity contribution in [2.75, 3.05) is 26.2 Å². The van der Waals surface area contributed by atoms with Crippen molar-refractivity contribution in [3.8, 4) is 0 Å². The molecule has 0 amide bonds. The molecule has 3 heteroatoms. The van der Waals surface area contributed by atoms with Crippen LogP contribution in [0.15, 0.2) is 0 Å². The molecule has 0 fully saturated rings. The molecule has 0 spiro atoms. The maximum absolute atomic E-state index is 9.60. The zero-order valence-electron chi connectivity index (χ0n) is 13.8. The average Bonchev–Trinajstić information content (AvgIpc) is 2.40. The number of rotatable bonds is 12. The van der Waals surface area contributed by atoms with Gasteiger partial charge in [-0.25, -0.2) is 0 Å². The number of unbranched alkanes of at least 4 members (excludes halogenated alkanes) is 2. The van der Waals surface area contributed by atoms with Gasteiger partial charge in [-0.15, -0.1) is 0 Å². The van der Waals surface area contributed by atoms with E-state index in [0.717, 1.165) is 25.9 Å². The second kappa shape index (κ2) is 10.6. The van der Waals surface area contributed by atoms with Gasteiger partial charge in [0.05, 0.1) is 6.61 Å².